The van der Waals surface area contributed by atoms with Crippen LogP contribution in [0.5, 0.6) is 0 Å². The number of nitrogens with zero attached hydrogens (tertiary/aromatic N) is 4. The molecular formula is C19H26N4O3S. The topological polar surface area (TPSA) is 85.2 Å². The van der Waals surface area contributed by atoms with Crippen molar-refractivity contribution < 1.29 is 13.2 Å². The molecule has 7 nitrogen and oxygen atoms in total. The molecule has 1 saturated heterocycles. The van der Waals surface area contributed by atoms with Crippen LogP contribution in [0.15, 0.2) is 12.3 Å². The Morgan fingerprint density at radius 2 is 2.07 bits per heavy atom. The van der Waals surface area contributed by atoms with Crippen LogP contribution in [0.2, 0.25) is 0 Å². The third kappa shape index (κ3) is 3.35. The van der Waals surface area contributed by atoms with E-state index in [1.54, 1.807) is 11.1 Å². The second-order valence-corrected chi connectivity index (χ2v) is 10.2. The van der Waals surface area contributed by atoms with Crippen LogP contribution in [0, 0.1) is 0 Å². The molecular weight excluding hydrogens is 364 g/mol. The first-order chi connectivity index (χ1) is 12.8. The number of aromatic nitrogens is 3. The third-order valence-electron chi connectivity index (χ3n) is 5.55. The smallest absolute Gasteiger partial charge is 0.254 e. The van der Waals surface area contributed by atoms with Crippen LogP contribution in [-0.4, -0.2) is 58.1 Å². The zero-order chi connectivity index (χ0) is 19.3. The van der Waals surface area contributed by atoms with Crippen molar-refractivity contribution in [3.8, 4) is 0 Å². The molecule has 0 radical (unpaired) electrons. The molecule has 1 saturated carbocycles. The summed E-state index contributed by atoms with van der Waals surface area (Å²) < 4.78 is 25.7. The van der Waals surface area contributed by atoms with Crippen molar-refractivity contribution in [1.29, 1.82) is 0 Å². The van der Waals surface area contributed by atoms with Gasteiger partial charge >= 0.3 is 0 Å². The number of carbonyl (C=O) groups excluding carboxylic acids is 1. The molecule has 2 aromatic rings. The highest BCUT2D eigenvalue weighted by molar-refractivity contribution is 7.91. The van der Waals surface area contributed by atoms with Gasteiger partial charge in [-0.2, -0.15) is 5.10 Å². The normalized spacial score (nSPS) is 21.9. The van der Waals surface area contributed by atoms with Crippen LogP contribution in [0.3, 0.4) is 0 Å². The van der Waals surface area contributed by atoms with E-state index in [0.717, 1.165) is 29.6 Å². The van der Waals surface area contributed by atoms with Gasteiger partial charge in [0.1, 0.15) is 0 Å². The molecule has 0 bridgehead atoms. The number of hydrogen-bond donors (Lipinski definition) is 0. The summed E-state index contributed by atoms with van der Waals surface area (Å²) in [5.74, 6) is 0.517. The van der Waals surface area contributed by atoms with Gasteiger partial charge in [-0.15, -0.1) is 0 Å². The molecule has 1 aliphatic heterocycles. The van der Waals surface area contributed by atoms with Crippen molar-refractivity contribution in [3.63, 3.8) is 0 Å². The van der Waals surface area contributed by atoms with E-state index in [1.807, 2.05) is 31.5 Å². The minimum atomic E-state index is -3.05. The van der Waals surface area contributed by atoms with Gasteiger partial charge in [0, 0.05) is 30.2 Å². The van der Waals surface area contributed by atoms with Gasteiger partial charge in [0.05, 0.1) is 28.7 Å². The van der Waals surface area contributed by atoms with Crippen LogP contribution < -0.4 is 0 Å². The lowest BCUT2D eigenvalue weighted by molar-refractivity contribution is 0.0710. The van der Waals surface area contributed by atoms with E-state index in [-0.39, 0.29) is 29.5 Å². The van der Waals surface area contributed by atoms with Crippen LogP contribution in [0.25, 0.3) is 11.0 Å². The van der Waals surface area contributed by atoms with E-state index < -0.39 is 9.84 Å². The first-order valence-electron chi connectivity index (χ1n) is 9.70. The Morgan fingerprint density at radius 3 is 2.63 bits per heavy atom. The van der Waals surface area contributed by atoms with Crippen LogP contribution in [0.1, 0.15) is 68.0 Å². The van der Waals surface area contributed by atoms with Gasteiger partial charge in [-0.1, -0.05) is 0 Å². The minimum Gasteiger partial charge on any atom is -0.335 e. The second-order valence-electron chi connectivity index (χ2n) is 7.94. The molecule has 0 N–H and O–H groups in total. The molecule has 2 aromatic heterocycles. The molecule has 1 amide bonds. The molecule has 0 unspecified atom stereocenters. The summed E-state index contributed by atoms with van der Waals surface area (Å²) in [7, 11) is -3.05. The van der Waals surface area contributed by atoms with Gasteiger partial charge in [-0.25, -0.2) is 18.1 Å². The highest BCUT2D eigenvalue weighted by Gasteiger charge is 2.36. The van der Waals surface area contributed by atoms with E-state index in [2.05, 4.69) is 5.10 Å². The monoisotopic (exact) mass is 390 g/mol. The summed E-state index contributed by atoms with van der Waals surface area (Å²) in [5, 5.41) is 5.20. The number of carbonyl (C=O) groups is 1. The van der Waals surface area contributed by atoms with Gasteiger partial charge in [0.2, 0.25) is 0 Å². The Kier molecular flexibility index (Phi) is 4.49. The lowest BCUT2D eigenvalue weighted by Crippen LogP contribution is -2.41. The van der Waals surface area contributed by atoms with Crippen molar-refractivity contribution in [2.24, 2.45) is 0 Å². The molecule has 1 atom stereocenters. The number of amides is 1. The third-order valence-corrected chi connectivity index (χ3v) is 7.30. The van der Waals surface area contributed by atoms with Gasteiger partial charge in [-0.3, -0.25) is 4.79 Å². The number of sulfone groups is 1. The first-order valence-corrected chi connectivity index (χ1v) is 11.5. The maximum atomic E-state index is 13.4. The highest BCUT2D eigenvalue weighted by atomic mass is 32.2. The molecule has 146 valence electrons. The summed E-state index contributed by atoms with van der Waals surface area (Å²) in [6.07, 6.45) is 4.42. The number of pyridine rings is 1. The van der Waals surface area contributed by atoms with E-state index >= 15 is 0 Å². The predicted molar refractivity (Wildman–Crippen MR) is 104 cm³/mol. The second kappa shape index (κ2) is 6.58. The molecule has 2 aliphatic rings. The maximum Gasteiger partial charge on any atom is 0.254 e. The molecule has 4 rings (SSSR count). The minimum absolute atomic E-state index is 0.0571. The Labute approximate surface area is 159 Å². The summed E-state index contributed by atoms with van der Waals surface area (Å²) in [6.45, 7) is 6.47. The maximum absolute atomic E-state index is 13.4. The lowest BCUT2D eigenvalue weighted by atomic mass is 10.1. The summed E-state index contributed by atoms with van der Waals surface area (Å²) in [4.78, 5) is 19.9. The lowest BCUT2D eigenvalue weighted by Gasteiger charge is -2.27. The zero-order valence-electron chi connectivity index (χ0n) is 16.1. The summed E-state index contributed by atoms with van der Waals surface area (Å²) in [5.41, 5.74) is 2.29. The largest absolute Gasteiger partial charge is 0.335 e. The summed E-state index contributed by atoms with van der Waals surface area (Å²) in [6, 6.07) is 1.80. The first kappa shape index (κ1) is 18.4. The fourth-order valence-electron chi connectivity index (χ4n) is 3.92. The Morgan fingerprint density at radius 1 is 1.33 bits per heavy atom. The fourth-order valence-corrected chi connectivity index (χ4v) is 5.65. The molecule has 2 fully saturated rings. The number of hydrogen-bond acceptors (Lipinski definition) is 5. The van der Waals surface area contributed by atoms with Crippen LogP contribution >= 0.6 is 0 Å². The van der Waals surface area contributed by atoms with E-state index in [1.165, 1.54) is 0 Å². The standard InChI is InChI=1S/C19H26N4O3S/c1-4-22(14-7-8-27(25,26)11-14)19(24)15-9-17(13-5-6-13)21-18-16(15)10-20-23(18)12(2)3/h9-10,12-14H,4-8,11H2,1-3H3/t14-/m0/s1. The van der Waals surface area contributed by atoms with Crippen molar-refractivity contribution in [2.75, 3.05) is 18.1 Å². The zero-order valence-corrected chi connectivity index (χ0v) is 16.9. The van der Waals surface area contributed by atoms with Crippen LogP contribution in [-0.2, 0) is 9.84 Å². The van der Waals surface area contributed by atoms with Crippen LogP contribution in [0.4, 0.5) is 0 Å². The van der Waals surface area contributed by atoms with Gasteiger partial charge in [0.15, 0.2) is 15.5 Å². The molecule has 1 aliphatic carbocycles. The molecule has 0 aromatic carbocycles. The Balaban J connectivity index is 1.78. The fraction of sp³-hybridized carbons (Fsp3) is 0.632. The van der Waals surface area contributed by atoms with Crippen molar-refractivity contribution in [1.82, 2.24) is 19.7 Å². The molecule has 27 heavy (non-hydrogen) atoms. The van der Waals surface area contributed by atoms with E-state index in [0.29, 0.717) is 24.4 Å². The average Bonchev–Trinajstić information content (AvgIpc) is 3.28. The van der Waals surface area contributed by atoms with Gasteiger partial charge in [-0.05, 0) is 46.1 Å². The molecule has 8 heteroatoms. The van der Waals surface area contributed by atoms with Crippen molar-refractivity contribution in [2.45, 2.75) is 58.0 Å². The Hall–Kier alpha value is -1.96. The number of fused-ring (bicyclic) bond motifs is 1. The van der Waals surface area contributed by atoms with E-state index in [9.17, 15) is 13.2 Å². The van der Waals surface area contributed by atoms with Crippen molar-refractivity contribution >= 4 is 26.8 Å². The van der Waals surface area contributed by atoms with Crippen molar-refractivity contribution in [3.05, 3.63) is 23.5 Å². The average molecular weight is 391 g/mol. The quantitative estimate of drug-likeness (QED) is 0.783. The summed E-state index contributed by atoms with van der Waals surface area (Å²) >= 11 is 0. The van der Waals surface area contributed by atoms with Gasteiger partial charge in [0.25, 0.3) is 5.91 Å². The number of rotatable bonds is 5. The SMILES string of the molecule is CCN(C(=O)c1cc(C2CC2)nc2c1cnn2C(C)C)[C@H]1CCS(=O)(=O)C1. The predicted octanol–water partition coefficient (Wildman–Crippen LogP) is 2.54. The molecule has 3 heterocycles. The Bertz CT molecular complexity index is 992. The van der Waals surface area contributed by atoms with E-state index in [4.69, 9.17) is 4.98 Å². The highest BCUT2D eigenvalue weighted by Crippen LogP contribution is 2.40. The molecule has 0 spiro atoms. The van der Waals surface area contributed by atoms with Gasteiger partial charge < -0.3 is 4.90 Å².